The normalized spacial score (nSPS) is 17.3. The predicted octanol–water partition coefficient (Wildman–Crippen LogP) is 4.28. The second-order valence-electron chi connectivity index (χ2n) is 11.5. The number of aromatic nitrogens is 3. The number of β-amino-alcohol motifs (C(OH)–C–C–N with tert-alkyl or cyclic N) is 1. The molecule has 0 unspecified atom stereocenters. The van der Waals surface area contributed by atoms with Crippen LogP contribution in [0.2, 0.25) is 10.0 Å². The molecule has 1 aromatic carbocycles. The number of halogens is 2. The highest BCUT2D eigenvalue weighted by Gasteiger charge is 2.22. The SMILES string of the molecule is CNC(=O)NCC1CCN(Cc2cc(Oc3cnc(N4CCN(C[C@@H](C)O)CC4)nc3)nc(-c3cc(Cl)cc(Cl)c3)c2)CC1. The van der Waals surface area contributed by atoms with Crippen LogP contribution in [-0.4, -0.2) is 101 Å². The summed E-state index contributed by atoms with van der Waals surface area (Å²) < 4.78 is 6.19. The van der Waals surface area contributed by atoms with Crippen LogP contribution in [0.15, 0.2) is 42.7 Å². The average Bonchev–Trinajstić information content (AvgIpc) is 3.00. The Morgan fingerprint density at radius 1 is 1.00 bits per heavy atom. The minimum absolute atomic E-state index is 0.141. The molecule has 0 bridgehead atoms. The summed E-state index contributed by atoms with van der Waals surface area (Å²) in [6.07, 6.45) is 5.02. The van der Waals surface area contributed by atoms with Gasteiger partial charge in [-0.2, -0.15) is 0 Å². The van der Waals surface area contributed by atoms with Gasteiger partial charge in [-0.25, -0.2) is 19.7 Å². The van der Waals surface area contributed by atoms with Crippen LogP contribution in [0.5, 0.6) is 11.6 Å². The van der Waals surface area contributed by atoms with Crippen LogP contribution in [-0.2, 0) is 6.54 Å². The zero-order valence-corrected chi connectivity index (χ0v) is 26.7. The Hall–Kier alpha value is -3.22. The number of hydrogen-bond donors (Lipinski definition) is 3. The van der Waals surface area contributed by atoms with Crippen LogP contribution in [0.25, 0.3) is 11.3 Å². The van der Waals surface area contributed by atoms with E-state index in [1.54, 1.807) is 25.5 Å². The average molecular weight is 644 g/mol. The standard InChI is InChI=1S/C31H40Cl2N8O3/c1-21(42)19-40-7-9-41(10-8-40)30-35-17-27(18-36-30)44-29-12-23(11-28(38-29)24-13-25(32)15-26(33)14-24)20-39-5-3-22(4-6-39)16-37-31(43)34-2/h11-15,17-18,21-22,42H,3-10,16,19-20H2,1-2H3,(H2,34,37,43)/t21-/m1/s1. The van der Waals surface area contributed by atoms with Crippen LogP contribution < -0.4 is 20.3 Å². The first-order chi connectivity index (χ1) is 21.2. The third kappa shape index (κ3) is 9.15. The molecule has 5 rings (SSSR count). The Labute approximate surface area is 268 Å². The Bertz CT molecular complexity index is 1370. The quantitative estimate of drug-likeness (QED) is 0.298. The third-order valence-electron chi connectivity index (χ3n) is 7.93. The molecule has 11 nitrogen and oxygen atoms in total. The van der Waals surface area contributed by atoms with Crippen LogP contribution in [0.1, 0.15) is 25.3 Å². The van der Waals surface area contributed by atoms with Gasteiger partial charge in [0, 0.05) is 74.5 Å². The van der Waals surface area contributed by atoms with Gasteiger partial charge < -0.3 is 25.4 Å². The number of benzene rings is 1. The zero-order chi connectivity index (χ0) is 31.1. The number of nitrogens with zero attached hydrogens (tertiary/aromatic N) is 6. The molecule has 2 saturated heterocycles. The summed E-state index contributed by atoms with van der Waals surface area (Å²) in [6.45, 7) is 9.05. The molecule has 2 aliphatic rings. The van der Waals surface area contributed by atoms with Gasteiger partial charge in [-0.1, -0.05) is 23.2 Å². The fourth-order valence-electron chi connectivity index (χ4n) is 5.63. The molecule has 2 aliphatic heterocycles. The lowest BCUT2D eigenvalue weighted by Crippen LogP contribution is -2.48. The van der Waals surface area contributed by atoms with E-state index in [0.29, 0.717) is 52.3 Å². The minimum atomic E-state index is -0.339. The van der Waals surface area contributed by atoms with Crippen molar-refractivity contribution in [2.45, 2.75) is 32.4 Å². The van der Waals surface area contributed by atoms with Crippen LogP contribution in [0.4, 0.5) is 10.7 Å². The number of nitrogens with one attached hydrogen (secondary N) is 2. The minimum Gasteiger partial charge on any atom is -0.436 e. The number of carbonyl (C=O) groups is 1. The highest BCUT2D eigenvalue weighted by molar-refractivity contribution is 6.35. The van der Waals surface area contributed by atoms with Crippen LogP contribution in [0.3, 0.4) is 0 Å². The molecule has 2 aromatic heterocycles. The molecule has 4 heterocycles. The van der Waals surface area contributed by atoms with E-state index in [1.165, 1.54) is 0 Å². The van der Waals surface area contributed by atoms with Gasteiger partial charge in [-0.05, 0) is 68.6 Å². The van der Waals surface area contributed by atoms with E-state index in [0.717, 1.165) is 69.8 Å². The van der Waals surface area contributed by atoms with E-state index >= 15 is 0 Å². The number of amides is 2. The highest BCUT2D eigenvalue weighted by atomic mass is 35.5. The zero-order valence-electron chi connectivity index (χ0n) is 25.2. The van der Waals surface area contributed by atoms with Crippen molar-refractivity contribution in [1.29, 1.82) is 0 Å². The van der Waals surface area contributed by atoms with Gasteiger partial charge in [0.25, 0.3) is 0 Å². The van der Waals surface area contributed by atoms with Crippen molar-refractivity contribution in [1.82, 2.24) is 35.4 Å². The van der Waals surface area contributed by atoms with Crippen molar-refractivity contribution in [2.24, 2.45) is 5.92 Å². The molecule has 13 heteroatoms. The van der Waals surface area contributed by atoms with Crippen LogP contribution in [0, 0.1) is 5.92 Å². The predicted molar refractivity (Wildman–Crippen MR) is 173 cm³/mol. The highest BCUT2D eigenvalue weighted by Crippen LogP contribution is 2.31. The molecule has 1 atom stereocenters. The number of carbonyl (C=O) groups excluding carboxylic acids is 1. The third-order valence-corrected chi connectivity index (χ3v) is 8.36. The number of rotatable bonds is 10. The van der Waals surface area contributed by atoms with Gasteiger partial charge in [0.1, 0.15) is 0 Å². The molecule has 236 valence electrons. The van der Waals surface area contributed by atoms with Crippen molar-refractivity contribution in [3.63, 3.8) is 0 Å². The maximum atomic E-state index is 11.6. The van der Waals surface area contributed by atoms with Gasteiger partial charge in [0.05, 0.1) is 24.2 Å². The second-order valence-corrected chi connectivity index (χ2v) is 12.4. The summed E-state index contributed by atoms with van der Waals surface area (Å²) in [7, 11) is 1.63. The number of anilines is 1. The monoisotopic (exact) mass is 642 g/mol. The van der Waals surface area contributed by atoms with E-state index in [2.05, 4.69) is 35.3 Å². The number of ether oxygens (including phenoxy) is 1. The summed E-state index contributed by atoms with van der Waals surface area (Å²) in [5.41, 5.74) is 2.56. The van der Waals surface area contributed by atoms with E-state index in [9.17, 15) is 9.90 Å². The largest absolute Gasteiger partial charge is 0.436 e. The molecular formula is C31H40Cl2N8O3. The van der Waals surface area contributed by atoms with Crippen molar-refractivity contribution < 1.29 is 14.6 Å². The maximum absolute atomic E-state index is 11.6. The smallest absolute Gasteiger partial charge is 0.314 e. The number of piperidine rings is 1. The first-order valence-corrected chi connectivity index (χ1v) is 15.8. The molecule has 3 aromatic rings. The maximum Gasteiger partial charge on any atom is 0.314 e. The number of aliphatic hydroxyl groups is 1. The van der Waals surface area contributed by atoms with E-state index < -0.39 is 0 Å². The Kier molecular flexibility index (Phi) is 11.1. The van der Waals surface area contributed by atoms with Crippen molar-refractivity contribution >= 4 is 35.2 Å². The Morgan fingerprint density at radius 2 is 1.68 bits per heavy atom. The van der Waals surface area contributed by atoms with Gasteiger partial charge in [-0.3, -0.25) is 9.80 Å². The van der Waals surface area contributed by atoms with Gasteiger partial charge in [0.2, 0.25) is 11.8 Å². The Morgan fingerprint density at radius 3 is 2.32 bits per heavy atom. The van der Waals surface area contributed by atoms with Crippen molar-refractivity contribution in [2.75, 3.05) is 64.3 Å². The Balaban J connectivity index is 1.27. The fourth-order valence-corrected chi connectivity index (χ4v) is 6.16. The topological polar surface area (TPSA) is 119 Å². The van der Waals surface area contributed by atoms with Gasteiger partial charge in [0.15, 0.2) is 5.75 Å². The fraction of sp³-hybridized carbons (Fsp3) is 0.484. The summed E-state index contributed by atoms with van der Waals surface area (Å²) in [6, 6.07) is 9.23. The number of urea groups is 1. The number of piperazine rings is 1. The number of likely N-dealkylation sites (tertiary alicyclic amines) is 1. The van der Waals surface area contributed by atoms with E-state index in [4.69, 9.17) is 32.9 Å². The lowest BCUT2D eigenvalue weighted by atomic mass is 9.96. The number of hydrogen-bond acceptors (Lipinski definition) is 9. The lowest BCUT2D eigenvalue weighted by molar-refractivity contribution is 0.122. The number of pyridine rings is 1. The molecule has 0 radical (unpaired) electrons. The number of aliphatic hydroxyl groups excluding tert-OH is 1. The van der Waals surface area contributed by atoms with Gasteiger partial charge in [-0.15, -0.1) is 0 Å². The summed E-state index contributed by atoms with van der Waals surface area (Å²) in [4.78, 5) is 32.3. The first kappa shape index (κ1) is 32.2. The molecule has 3 N–H and O–H groups in total. The summed E-state index contributed by atoms with van der Waals surface area (Å²) in [5, 5.41) is 16.3. The molecule has 44 heavy (non-hydrogen) atoms. The molecule has 2 amide bonds. The molecule has 2 fully saturated rings. The molecular weight excluding hydrogens is 603 g/mol. The lowest BCUT2D eigenvalue weighted by Gasteiger charge is -2.35. The van der Waals surface area contributed by atoms with Crippen LogP contribution >= 0.6 is 23.2 Å². The summed E-state index contributed by atoms with van der Waals surface area (Å²) >= 11 is 12.7. The molecule has 0 saturated carbocycles. The van der Waals surface area contributed by atoms with Crippen molar-refractivity contribution in [3.05, 3.63) is 58.3 Å². The molecule has 0 spiro atoms. The summed E-state index contributed by atoms with van der Waals surface area (Å²) in [5.74, 6) is 2.03. The first-order valence-electron chi connectivity index (χ1n) is 15.0. The second kappa shape index (κ2) is 15.2. The van der Waals surface area contributed by atoms with Gasteiger partial charge >= 0.3 is 6.03 Å². The van der Waals surface area contributed by atoms with Crippen molar-refractivity contribution in [3.8, 4) is 22.9 Å². The van der Waals surface area contributed by atoms with E-state index in [1.807, 2.05) is 31.2 Å². The van der Waals surface area contributed by atoms with E-state index in [-0.39, 0.29) is 12.1 Å². The molecule has 0 aliphatic carbocycles.